The first kappa shape index (κ1) is 32.6. The molecule has 1 fully saturated rings. The van der Waals surface area contributed by atoms with Gasteiger partial charge in [0.2, 0.25) is 11.8 Å². The normalized spacial score (nSPS) is 14.7. The van der Waals surface area contributed by atoms with E-state index in [2.05, 4.69) is 10.6 Å². The summed E-state index contributed by atoms with van der Waals surface area (Å²) in [6.45, 7) is 0. The third kappa shape index (κ3) is 7.37. The van der Waals surface area contributed by atoms with Gasteiger partial charge in [-0.05, 0) is 60.7 Å². The van der Waals surface area contributed by atoms with Crippen LogP contribution in [-0.4, -0.2) is 43.1 Å². The van der Waals surface area contributed by atoms with Gasteiger partial charge >= 0.3 is 0 Å². The Morgan fingerprint density at radius 3 is 2.37 bits per heavy atom. The number of imide groups is 1. The molecule has 234 valence electrons. The minimum absolute atomic E-state index is 0.0128. The summed E-state index contributed by atoms with van der Waals surface area (Å²) < 4.78 is 10.9. The van der Waals surface area contributed by atoms with Crippen LogP contribution in [0.3, 0.4) is 0 Å². The van der Waals surface area contributed by atoms with E-state index in [9.17, 15) is 19.2 Å². The highest BCUT2D eigenvalue weighted by Gasteiger charge is 2.40. The highest BCUT2D eigenvalue weighted by molar-refractivity contribution is 8.00. The molecule has 0 saturated carbocycles. The fraction of sp³-hybridized carbons (Fsp3) is 0.118. The fourth-order valence-electron chi connectivity index (χ4n) is 4.72. The minimum atomic E-state index is -0.686. The van der Waals surface area contributed by atoms with Gasteiger partial charge in [0.15, 0.2) is 11.5 Å². The lowest BCUT2D eigenvalue weighted by atomic mass is 10.1. The van der Waals surface area contributed by atoms with Crippen molar-refractivity contribution >= 4 is 76.0 Å². The standard InChI is InChI=1S/C34H27Cl2N3O6S/c1-44-28-13-6-10-21(31(28)45-2)16-27(38-32(41)20-8-4-3-5-9-20)33(42)37-22-11-7-12-24(17-22)46-29-19-30(40)39(34(29)43)23-14-15-25(35)26(36)18-23/h3-18,29H,19H2,1-2H3,(H,37,42)(H,38,41)/b27-16-/t29-/m0/s1. The number of halogens is 2. The molecule has 1 atom stereocenters. The van der Waals surface area contributed by atoms with Crippen LogP contribution in [0.1, 0.15) is 22.3 Å². The topological polar surface area (TPSA) is 114 Å². The zero-order chi connectivity index (χ0) is 32.8. The predicted octanol–water partition coefficient (Wildman–Crippen LogP) is 6.84. The van der Waals surface area contributed by atoms with Crippen molar-refractivity contribution in [3.05, 3.63) is 118 Å². The average Bonchev–Trinajstić information content (AvgIpc) is 3.33. The van der Waals surface area contributed by atoms with Gasteiger partial charge in [0, 0.05) is 28.1 Å². The van der Waals surface area contributed by atoms with E-state index in [1.54, 1.807) is 78.9 Å². The lowest BCUT2D eigenvalue weighted by molar-refractivity contribution is -0.121. The van der Waals surface area contributed by atoms with Crippen LogP contribution in [0.5, 0.6) is 11.5 Å². The molecule has 0 aliphatic carbocycles. The molecule has 12 heteroatoms. The molecule has 4 amide bonds. The molecule has 0 unspecified atom stereocenters. The lowest BCUT2D eigenvalue weighted by Crippen LogP contribution is -2.31. The molecule has 1 aliphatic heterocycles. The SMILES string of the molecule is COc1cccc(/C=C(\NC(=O)c2ccccc2)C(=O)Nc2cccc(S[C@H]3CC(=O)N(c4ccc(Cl)c(Cl)c4)C3=O)c2)c1OC. The number of anilines is 2. The number of benzene rings is 4. The molecule has 0 spiro atoms. The van der Waals surface area contributed by atoms with Gasteiger partial charge in [0.25, 0.3) is 11.8 Å². The molecule has 46 heavy (non-hydrogen) atoms. The van der Waals surface area contributed by atoms with Crippen LogP contribution < -0.4 is 25.0 Å². The maximum Gasteiger partial charge on any atom is 0.272 e. The van der Waals surface area contributed by atoms with E-state index >= 15 is 0 Å². The Hall–Kier alpha value is -4.77. The summed E-state index contributed by atoms with van der Waals surface area (Å²) in [7, 11) is 2.98. The lowest BCUT2D eigenvalue weighted by Gasteiger charge is -2.16. The molecule has 4 aromatic carbocycles. The number of amides is 4. The minimum Gasteiger partial charge on any atom is -0.493 e. The van der Waals surface area contributed by atoms with Crippen LogP contribution in [0.15, 0.2) is 102 Å². The van der Waals surface area contributed by atoms with E-state index in [1.807, 2.05) is 0 Å². The summed E-state index contributed by atoms with van der Waals surface area (Å²) in [6, 6.07) is 25.1. The number of carbonyl (C=O) groups excluding carboxylic acids is 4. The second-order valence-electron chi connectivity index (χ2n) is 9.92. The van der Waals surface area contributed by atoms with Crippen molar-refractivity contribution in [2.24, 2.45) is 0 Å². The van der Waals surface area contributed by atoms with Gasteiger partial charge in [0.05, 0.1) is 35.2 Å². The van der Waals surface area contributed by atoms with Gasteiger partial charge in [-0.2, -0.15) is 0 Å². The van der Waals surface area contributed by atoms with Crippen molar-refractivity contribution in [2.75, 3.05) is 24.4 Å². The molecule has 1 aliphatic rings. The first-order chi connectivity index (χ1) is 22.2. The summed E-state index contributed by atoms with van der Waals surface area (Å²) in [5.74, 6) is -0.995. The monoisotopic (exact) mass is 675 g/mol. The van der Waals surface area contributed by atoms with E-state index in [0.717, 1.165) is 4.90 Å². The van der Waals surface area contributed by atoms with Gasteiger partial charge < -0.3 is 20.1 Å². The van der Waals surface area contributed by atoms with Crippen LogP contribution in [0.2, 0.25) is 10.0 Å². The number of carbonyl (C=O) groups is 4. The van der Waals surface area contributed by atoms with Crippen molar-refractivity contribution < 1.29 is 28.7 Å². The number of ether oxygens (including phenoxy) is 2. The van der Waals surface area contributed by atoms with E-state index in [0.29, 0.717) is 43.9 Å². The first-order valence-electron chi connectivity index (χ1n) is 13.9. The van der Waals surface area contributed by atoms with E-state index in [-0.39, 0.29) is 29.0 Å². The van der Waals surface area contributed by atoms with Crippen molar-refractivity contribution in [2.45, 2.75) is 16.6 Å². The predicted molar refractivity (Wildman–Crippen MR) is 180 cm³/mol. The number of para-hydroxylation sites is 1. The molecule has 0 bridgehead atoms. The highest BCUT2D eigenvalue weighted by Crippen LogP contribution is 2.37. The van der Waals surface area contributed by atoms with E-state index < -0.39 is 17.1 Å². The molecular weight excluding hydrogens is 649 g/mol. The zero-order valence-corrected chi connectivity index (χ0v) is 26.9. The number of hydrogen-bond acceptors (Lipinski definition) is 7. The van der Waals surface area contributed by atoms with Gasteiger partial charge in [-0.1, -0.05) is 59.6 Å². The number of thioether (sulfide) groups is 1. The summed E-state index contributed by atoms with van der Waals surface area (Å²) in [5, 5.41) is 5.39. The maximum absolute atomic E-state index is 13.6. The molecule has 0 aromatic heterocycles. The Balaban J connectivity index is 1.37. The zero-order valence-electron chi connectivity index (χ0n) is 24.6. The van der Waals surface area contributed by atoms with Crippen molar-refractivity contribution in [1.29, 1.82) is 0 Å². The number of nitrogens with one attached hydrogen (secondary N) is 2. The Kier molecular flexibility index (Phi) is 10.3. The van der Waals surface area contributed by atoms with Crippen molar-refractivity contribution in [3.63, 3.8) is 0 Å². The first-order valence-corrected chi connectivity index (χ1v) is 15.5. The van der Waals surface area contributed by atoms with Gasteiger partial charge in [-0.15, -0.1) is 11.8 Å². The third-order valence-electron chi connectivity index (χ3n) is 6.90. The smallest absolute Gasteiger partial charge is 0.272 e. The molecule has 0 radical (unpaired) electrons. The third-order valence-corrected chi connectivity index (χ3v) is 8.82. The number of nitrogens with zero attached hydrogens (tertiary/aromatic N) is 1. The molecule has 9 nitrogen and oxygen atoms in total. The quantitative estimate of drug-likeness (QED) is 0.140. The summed E-state index contributed by atoms with van der Waals surface area (Å²) in [4.78, 5) is 54.5. The fourth-order valence-corrected chi connectivity index (χ4v) is 6.13. The maximum atomic E-state index is 13.6. The van der Waals surface area contributed by atoms with Gasteiger partial charge in [-0.3, -0.25) is 19.2 Å². The van der Waals surface area contributed by atoms with Crippen LogP contribution in [0.25, 0.3) is 6.08 Å². The second-order valence-corrected chi connectivity index (χ2v) is 12.0. The van der Waals surface area contributed by atoms with Crippen molar-refractivity contribution in [1.82, 2.24) is 5.32 Å². The van der Waals surface area contributed by atoms with Crippen LogP contribution in [0.4, 0.5) is 11.4 Å². The Morgan fingerprint density at radius 1 is 0.891 bits per heavy atom. The summed E-state index contributed by atoms with van der Waals surface area (Å²) in [5.41, 5.74) is 1.57. The molecule has 1 heterocycles. The Bertz CT molecular complexity index is 1850. The van der Waals surface area contributed by atoms with Crippen LogP contribution in [0, 0.1) is 0 Å². The van der Waals surface area contributed by atoms with E-state index in [1.165, 1.54) is 44.2 Å². The second kappa shape index (κ2) is 14.6. The molecule has 5 rings (SSSR count). The summed E-state index contributed by atoms with van der Waals surface area (Å²) in [6.07, 6.45) is 1.48. The van der Waals surface area contributed by atoms with Crippen LogP contribution in [-0.2, 0) is 14.4 Å². The van der Waals surface area contributed by atoms with E-state index in [4.69, 9.17) is 32.7 Å². The molecular formula is C34H27Cl2N3O6S. The van der Waals surface area contributed by atoms with Gasteiger partial charge in [-0.25, -0.2) is 4.90 Å². The Morgan fingerprint density at radius 2 is 1.65 bits per heavy atom. The Labute approximate surface area is 279 Å². The molecule has 1 saturated heterocycles. The molecule has 2 N–H and O–H groups in total. The largest absolute Gasteiger partial charge is 0.493 e. The van der Waals surface area contributed by atoms with Crippen molar-refractivity contribution in [3.8, 4) is 11.5 Å². The highest BCUT2D eigenvalue weighted by atomic mass is 35.5. The number of hydrogen-bond donors (Lipinski definition) is 2. The summed E-state index contributed by atoms with van der Waals surface area (Å²) >= 11 is 13.3. The molecule has 4 aromatic rings. The number of rotatable bonds is 10. The average molecular weight is 677 g/mol. The van der Waals surface area contributed by atoms with Crippen LogP contribution >= 0.6 is 35.0 Å². The van der Waals surface area contributed by atoms with Gasteiger partial charge in [0.1, 0.15) is 5.70 Å². The number of methoxy groups -OCH3 is 2.